The number of anilines is 2. The number of aryl methyl sites for hydroxylation is 1. The van der Waals surface area contributed by atoms with E-state index < -0.39 is 0 Å². The molecule has 0 saturated carbocycles. The van der Waals surface area contributed by atoms with E-state index in [9.17, 15) is 0 Å². The Balaban J connectivity index is 1.88. The number of thioether (sulfide) groups is 1. The molecule has 0 unspecified atom stereocenters. The Morgan fingerprint density at radius 1 is 1.04 bits per heavy atom. The molecule has 0 atom stereocenters. The fraction of sp³-hybridized carbons (Fsp3) is 0.409. The highest BCUT2D eigenvalue weighted by Gasteiger charge is 2.19. The number of nitrogens with zero attached hydrogens (tertiary/aromatic N) is 3. The molecule has 1 heterocycles. The Bertz CT molecular complexity index is 839. The number of aromatic nitrogens is 2. The van der Waals surface area contributed by atoms with Crippen molar-refractivity contribution in [1.29, 1.82) is 0 Å². The number of benzene rings is 2. The van der Waals surface area contributed by atoms with Crippen LogP contribution in [0.2, 0.25) is 0 Å². The normalized spacial score (nSPS) is 11.8. The summed E-state index contributed by atoms with van der Waals surface area (Å²) in [6.07, 6.45) is 2.48. The Labute approximate surface area is 161 Å². The molecule has 2 aromatic carbocycles. The molecule has 0 aliphatic rings. The molecule has 0 aliphatic heterocycles. The molecule has 1 aromatic heterocycles. The molecule has 0 N–H and O–H groups in total. The lowest BCUT2D eigenvalue weighted by atomic mass is 10.1. The summed E-state index contributed by atoms with van der Waals surface area (Å²) in [6, 6.07) is 18.9. The predicted molar refractivity (Wildman–Crippen MR) is 116 cm³/mol. The van der Waals surface area contributed by atoms with Crippen LogP contribution in [0.1, 0.15) is 33.6 Å². The van der Waals surface area contributed by atoms with Crippen LogP contribution in [0.15, 0.2) is 54.6 Å². The summed E-state index contributed by atoms with van der Waals surface area (Å²) in [7, 11) is 2.10. The molecule has 0 bridgehead atoms. The van der Waals surface area contributed by atoms with Gasteiger partial charge in [-0.25, -0.2) is 4.98 Å². The van der Waals surface area contributed by atoms with Crippen LogP contribution in [0.5, 0.6) is 0 Å². The van der Waals surface area contributed by atoms with Crippen molar-refractivity contribution >= 4 is 34.4 Å². The Morgan fingerprint density at radius 3 is 2.46 bits per heavy atom. The lowest BCUT2D eigenvalue weighted by molar-refractivity contribution is 0.624. The van der Waals surface area contributed by atoms with E-state index in [1.807, 2.05) is 6.07 Å². The van der Waals surface area contributed by atoms with E-state index in [1.165, 1.54) is 18.4 Å². The topological polar surface area (TPSA) is 21.1 Å². The number of para-hydroxylation sites is 3. The molecule has 0 saturated heterocycles. The second-order valence-corrected chi connectivity index (χ2v) is 9.11. The lowest BCUT2D eigenvalue weighted by Gasteiger charge is -2.24. The van der Waals surface area contributed by atoms with Gasteiger partial charge in [-0.05, 0) is 30.7 Å². The van der Waals surface area contributed by atoms with Crippen molar-refractivity contribution in [2.24, 2.45) is 0 Å². The first-order chi connectivity index (χ1) is 12.5. The van der Waals surface area contributed by atoms with E-state index in [0.29, 0.717) is 4.75 Å². The van der Waals surface area contributed by atoms with Crippen molar-refractivity contribution in [2.45, 2.75) is 44.9 Å². The number of rotatable bonds is 8. The van der Waals surface area contributed by atoms with Gasteiger partial charge < -0.3 is 9.47 Å². The third-order valence-electron chi connectivity index (χ3n) is 4.74. The van der Waals surface area contributed by atoms with Crippen LogP contribution in [-0.4, -0.2) is 27.1 Å². The van der Waals surface area contributed by atoms with Crippen molar-refractivity contribution in [3.8, 4) is 0 Å². The molecule has 0 aliphatic carbocycles. The second kappa shape index (κ2) is 8.17. The maximum atomic E-state index is 4.92. The third-order valence-corrected chi connectivity index (χ3v) is 6.11. The number of hydrogen-bond donors (Lipinski definition) is 0. The van der Waals surface area contributed by atoms with Crippen molar-refractivity contribution in [3.63, 3.8) is 0 Å². The SMILES string of the molecule is CCCC(C)(C)SCCn1c(N(C)c2ccccc2)nc2ccccc21. The molecule has 4 heteroatoms. The monoisotopic (exact) mass is 367 g/mol. The molecule has 138 valence electrons. The standard InChI is InChI=1S/C22H29N3S/c1-5-15-22(2,3)26-17-16-25-20-14-10-9-13-19(20)23-21(25)24(4)18-11-7-6-8-12-18/h6-14H,5,15-17H2,1-4H3. The highest BCUT2D eigenvalue weighted by atomic mass is 32.2. The first-order valence-electron chi connectivity index (χ1n) is 9.40. The Hall–Kier alpha value is -1.94. The van der Waals surface area contributed by atoms with Gasteiger partial charge in [-0.2, -0.15) is 11.8 Å². The number of hydrogen-bond acceptors (Lipinski definition) is 3. The zero-order valence-electron chi connectivity index (χ0n) is 16.3. The molecular formula is C22H29N3S. The maximum absolute atomic E-state index is 4.92. The van der Waals surface area contributed by atoms with Crippen molar-refractivity contribution < 1.29 is 0 Å². The van der Waals surface area contributed by atoms with E-state index in [4.69, 9.17) is 4.98 Å². The van der Waals surface area contributed by atoms with Crippen LogP contribution in [0.4, 0.5) is 11.6 Å². The molecule has 26 heavy (non-hydrogen) atoms. The van der Waals surface area contributed by atoms with Gasteiger partial charge in [0, 0.05) is 29.8 Å². The second-order valence-electron chi connectivity index (χ2n) is 7.30. The van der Waals surface area contributed by atoms with Crippen LogP contribution in [0.25, 0.3) is 11.0 Å². The van der Waals surface area contributed by atoms with Crippen LogP contribution >= 0.6 is 11.8 Å². The van der Waals surface area contributed by atoms with Gasteiger partial charge in [0.1, 0.15) is 0 Å². The Kier molecular flexibility index (Phi) is 5.92. The highest BCUT2D eigenvalue weighted by molar-refractivity contribution is 8.00. The maximum Gasteiger partial charge on any atom is 0.210 e. The summed E-state index contributed by atoms with van der Waals surface area (Å²) >= 11 is 2.06. The fourth-order valence-corrected chi connectivity index (χ4v) is 4.57. The summed E-state index contributed by atoms with van der Waals surface area (Å²) in [6.45, 7) is 7.93. The van der Waals surface area contributed by atoms with E-state index in [2.05, 4.69) is 97.6 Å². The van der Waals surface area contributed by atoms with Gasteiger partial charge in [-0.3, -0.25) is 0 Å². The summed E-state index contributed by atoms with van der Waals surface area (Å²) in [5.74, 6) is 2.09. The minimum Gasteiger partial charge on any atom is -0.315 e. The Morgan fingerprint density at radius 2 is 1.73 bits per heavy atom. The lowest BCUT2D eigenvalue weighted by Crippen LogP contribution is -2.19. The summed E-state index contributed by atoms with van der Waals surface area (Å²) in [5.41, 5.74) is 3.42. The summed E-state index contributed by atoms with van der Waals surface area (Å²) in [4.78, 5) is 7.10. The number of fused-ring (bicyclic) bond motifs is 1. The summed E-state index contributed by atoms with van der Waals surface area (Å²) < 4.78 is 2.69. The molecule has 0 fully saturated rings. The number of imidazole rings is 1. The van der Waals surface area contributed by atoms with Crippen LogP contribution in [0.3, 0.4) is 0 Å². The highest BCUT2D eigenvalue weighted by Crippen LogP contribution is 2.31. The first-order valence-corrected chi connectivity index (χ1v) is 10.4. The van der Waals surface area contributed by atoms with E-state index in [1.54, 1.807) is 0 Å². The van der Waals surface area contributed by atoms with E-state index in [-0.39, 0.29) is 0 Å². The van der Waals surface area contributed by atoms with Gasteiger partial charge in [0.2, 0.25) is 5.95 Å². The van der Waals surface area contributed by atoms with Gasteiger partial charge in [-0.1, -0.05) is 57.5 Å². The molecular weight excluding hydrogens is 338 g/mol. The fourth-order valence-electron chi connectivity index (χ4n) is 3.39. The molecule has 3 rings (SSSR count). The minimum absolute atomic E-state index is 0.330. The predicted octanol–water partition coefficient (Wildman–Crippen LogP) is 6.12. The zero-order valence-corrected chi connectivity index (χ0v) is 17.1. The van der Waals surface area contributed by atoms with E-state index in [0.717, 1.165) is 29.5 Å². The first kappa shape index (κ1) is 18.8. The zero-order chi connectivity index (χ0) is 18.6. The largest absolute Gasteiger partial charge is 0.315 e. The molecule has 0 spiro atoms. The van der Waals surface area contributed by atoms with E-state index >= 15 is 0 Å². The van der Waals surface area contributed by atoms with Crippen molar-refractivity contribution in [2.75, 3.05) is 17.7 Å². The van der Waals surface area contributed by atoms with Crippen LogP contribution < -0.4 is 4.90 Å². The van der Waals surface area contributed by atoms with Crippen LogP contribution in [-0.2, 0) is 6.54 Å². The van der Waals surface area contributed by atoms with Gasteiger partial charge in [0.15, 0.2) is 0 Å². The van der Waals surface area contributed by atoms with Gasteiger partial charge >= 0.3 is 0 Å². The molecule has 3 nitrogen and oxygen atoms in total. The quantitative estimate of drug-likeness (QED) is 0.479. The van der Waals surface area contributed by atoms with Crippen molar-refractivity contribution in [3.05, 3.63) is 54.6 Å². The molecule has 0 radical (unpaired) electrons. The third kappa shape index (κ3) is 4.24. The average Bonchev–Trinajstić information content (AvgIpc) is 3.00. The van der Waals surface area contributed by atoms with Crippen molar-refractivity contribution in [1.82, 2.24) is 9.55 Å². The molecule has 3 aromatic rings. The smallest absolute Gasteiger partial charge is 0.210 e. The summed E-state index contributed by atoms with van der Waals surface area (Å²) in [5, 5.41) is 0. The van der Waals surface area contributed by atoms with Gasteiger partial charge in [0.25, 0.3) is 0 Å². The average molecular weight is 368 g/mol. The van der Waals surface area contributed by atoms with Crippen LogP contribution in [0, 0.1) is 0 Å². The minimum atomic E-state index is 0.330. The van der Waals surface area contributed by atoms with Gasteiger partial charge in [-0.15, -0.1) is 0 Å². The molecule has 0 amide bonds. The van der Waals surface area contributed by atoms with Gasteiger partial charge in [0.05, 0.1) is 11.0 Å².